The Morgan fingerprint density at radius 1 is 1.04 bits per heavy atom. The van der Waals surface area contributed by atoms with Crippen LogP contribution < -0.4 is 5.43 Å². The summed E-state index contributed by atoms with van der Waals surface area (Å²) in [6.07, 6.45) is 1.37. The molecule has 0 fully saturated rings. The van der Waals surface area contributed by atoms with E-state index < -0.39 is 0 Å². The molecule has 0 aliphatic rings. The summed E-state index contributed by atoms with van der Waals surface area (Å²) in [5.41, 5.74) is 5.26. The van der Waals surface area contributed by atoms with Gasteiger partial charge in [-0.15, -0.1) is 0 Å². The number of aromatic nitrogens is 2. The van der Waals surface area contributed by atoms with Crippen molar-refractivity contribution in [3.8, 4) is 0 Å². The highest BCUT2D eigenvalue weighted by molar-refractivity contribution is 6.03. The zero-order chi connectivity index (χ0) is 16.2. The Morgan fingerprint density at radius 2 is 1.83 bits per heavy atom. The first-order valence-electron chi connectivity index (χ1n) is 7.26. The fourth-order valence-electron chi connectivity index (χ4n) is 2.25. The molecule has 1 heterocycles. The topological polar surface area (TPSA) is 67.2 Å². The summed E-state index contributed by atoms with van der Waals surface area (Å²) >= 11 is 0. The van der Waals surface area contributed by atoms with Crippen LogP contribution in [0.2, 0.25) is 0 Å². The van der Waals surface area contributed by atoms with Crippen LogP contribution in [0.15, 0.2) is 60.0 Å². The van der Waals surface area contributed by atoms with Gasteiger partial charge >= 0.3 is 0 Å². The molecule has 0 saturated heterocycles. The van der Waals surface area contributed by atoms with Crippen LogP contribution in [0, 0.1) is 6.92 Å². The normalized spacial score (nSPS) is 11.5. The SMILES string of the molecule is CC(=NNC(=O)c1cc(C)ncn1)c1ccc2ccccc2c1. The molecule has 0 atom stereocenters. The lowest BCUT2D eigenvalue weighted by atomic mass is 10.0. The van der Waals surface area contributed by atoms with Crippen molar-refractivity contribution in [2.24, 2.45) is 5.10 Å². The lowest BCUT2D eigenvalue weighted by Crippen LogP contribution is -2.20. The summed E-state index contributed by atoms with van der Waals surface area (Å²) < 4.78 is 0. The van der Waals surface area contributed by atoms with Gasteiger partial charge in [0.1, 0.15) is 12.0 Å². The number of nitrogens with zero attached hydrogens (tertiary/aromatic N) is 3. The Morgan fingerprint density at radius 3 is 2.61 bits per heavy atom. The number of hydrogen-bond donors (Lipinski definition) is 1. The van der Waals surface area contributed by atoms with Crippen molar-refractivity contribution in [3.05, 3.63) is 71.8 Å². The lowest BCUT2D eigenvalue weighted by molar-refractivity contribution is 0.0949. The van der Waals surface area contributed by atoms with E-state index in [1.807, 2.05) is 44.2 Å². The van der Waals surface area contributed by atoms with Crippen LogP contribution in [0.25, 0.3) is 10.8 Å². The number of fused-ring (bicyclic) bond motifs is 1. The number of rotatable bonds is 3. The fraction of sp³-hybridized carbons (Fsp3) is 0.111. The monoisotopic (exact) mass is 304 g/mol. The summed E-state index contributed by atoms with van der Waals surface area (Å²) in [7, 11) is 0. The molecule has 0 aliphatic carbocycles. The van der Waals surface area contributed by atoms with Gasteiger partial charge in [0.2, 0.25) is 0 Å². The van der Waals surface area contributed by atoms with Crippen molar-refractivity contribution in [2.75, 3.05) is 0 Å². The zero-order valence-corrected chi connectivity index (χ0v) is 12.9. The molecule has 23 heavy (non-hydrogen) atoms. The van der Waals surface area contributed by atoms with Crippen LogP contribution in [0.5, 0.6) is 0 Å². The van der Waals surface area contributed by atoms with Crippen molar-refractivity contribution in [1.82, 2.24) is 15.4 Å². The van der Waals surface area contributed by atoms with Crippen molar-refractivity contribution >= 4 is 22.4 Å². The summed E-state index contributed by atoms with van der Waals surface area (Å²) in [5.74, 6) is -0.351. The van der Waals surface area contributed by atoms with Crippen molar-refractivity contribution in [2.45, 2.75) is 13.8 Å². The first-order chi connectivity index (χ1) is 11.1. The predicted octanol–water partition coefficient (Wildman–Crippen LogP) is 3.09. The minimum Gasteiger partial charge on any atom is -0.266 e. The number of hydrazone groups is 1. The maximum atomic E-state index is 12.0. The maximum Gasteiger partial charge on any atom is 0.290 e. The summed E-state index contributed by atoms with van der Waals surface area (Å²) in [6, 6.07) is 15.8. The van der Waals surface area contributed by atoms with E-state index >= 15 is 0 Å². The van der Waals surface area contributed by atoms with Crippen molar-refractivity contribution in [3.63, 3.8) is 0 Å². The molecule has 114 valence electrons. The number of hydrogen-bond acceptors (Lipinski definition) is 4. The molecular formula is C18H16N4O. The van der Waals surface area contributed by atoms with Gasteiger partial charge in [0, 0.05) is 5.69 Å². The molecule has 5 heteroatoms. The largest absolute Gasteiger partial charge is 0.290 e. The van der Waals surface area contributed by atoms with Gasteiger partial charge < -0.3 is 0 Å². The van der Waals surface area contributed by atoms with Crippen LogP contribution in [0.1, 0.15) is 28.7 Å². The van der Waals surface area contributed by atoms with Crippen LogP contribution in [-0.2, 0) is 0 Å². The fourth-order valence-corrected chi connectivity index (χ4v) is 2.25. The Hall–Kier alpha value is -3.08. The molecule has 0 bridgehead atoms. The van der Waals surface area contributed by atoms with Crippen LogP contribution in [-0.4, -0.2) is 21.6 Å². The van der Waals surface area contributed by atoms with Gasteiger partial charge in [-0.1, -0.05) is 36.4 Å². The number of aryl methyl sites for hydroxylation is 1. The molecule has 2 aromatic carbocycles. The molecule has 1 amide bonds. The molecule has 1 aromatic heterocycles. The minimum atomic E-state index is -0.351. The van der Waals surface area contributed by atoms with Gasteiger partial charge in [0.15, 0.2) is 0 Å². The van der Waals surface area contributed by atoms with Crippen LogP contribution >= 0.6 is 0 Å². The Kier molecular flexibility index (Phi) is 4.10. The highest BCUT2D eigenvalue weighted by Crippen LogP contribution is 2.16. The summed E-state index contributed by atoms with van der Waals surface area (Å²) in [6.45, 7) is 3.66. The maximum absolute atomic E-state index is 12.0. The van der Waals surface area contributed by atoms with E-state index in [2.05, 4.69) is 32.6 Å². The molecule has 0 radical (unpaired) electrons. The third-order valence-electron chi connectivity index (χ3n) is 3.53. The number of amides is 1. The first-order valence-corrected chi connectivity index (χ1v) is 7.26. The first kappa shape index (κ1) is 14.8. The Bertz CT molecular complexity index is 902. The second-order valence-electron chi connectivity index (χ2n) is 5.24. The van der Waals surface area contributed by atoms with E-state index in [1.54, 1.807) is 6.07 Å². The van der Waals surface area contributed by atoms with Gasteiger partial charge in [-0.2, -0.15) is 5.10 Å². The second-order valence-corrected chi connectivity index (χ2v) is 5.24. The van der Waals surface area contributed by atoms with E-state index in [-0.39, 0.29) is 5.91 Å². The Balaban J connectivity index is 1.79. The van der Waals surface area contributed by atoms with Gasteiger partial charge in [-0.3, -0.25) is 4.79 Å². The van der Waals surface area contributed by atoms with E-state index in [1.165, 1.54) is 11.7 Å². The van der Waals surface area contributed by atoms with Crippen LogP contribution in [0.4, 0.5) is 0 Å². The van der Waals surface area contributed by atoms with E-state index in [0.717, 1.165) is 22.4 Å². The standard InChI is InChI=1S/C18H16N4O/c1-12-9-17(20-11-19-12)18(23)22-21-13(2)15-8-7-14-5-3-4-6-16(14)10-15/h3-11H,1-2H3,(H,22,23). The van der Waals surface area contributed by atoms with E-state index in [9.17, 15) is 4.79 Å². The predicted molar refractivity (Wildman–Crippen MR) is 90.4 cm³/mol. The molecule has 1 N–H and O–H groups in total. The van der Waals surface area contributed by atoms with E-state index in [0.29, 0.717) is 5.69 Å². The molecule has 0 unspecified atom stereocenters. The molecule has 3 aromatic rings. The van der Waals surface area contributed by atoms with E-state index in [4.69, 9.17) is 0 Å². The van der Waals surface area contributed by atoms with Crippen LogP contribution in [0.3, 0.4) is 0 Å². The smallest absolute Gasteiger partial charge is 0.266 e. The van der Waals surface area contributed by atoms with Gasteiger partial charge in [-0.05, 0) is 42.3 Å². The molecule has 5 nitrogen and oxygen atoms in total. The van der Waals surface area contributed by atoms with Crippen molar-refractivity contribution in [1.29, 1.82) is 0 Å². The van der Waals surface area contributed by atoms with Gasteiger partial charge in [-0.25, -0.2) is 15.4 Å². The molecular weight excluding hydrogens is 288 g/mol. The third-order valence-corrected chi connectivity index (χ3v) is 3.53. The molecule has 0 spiro atoms. The molecule has 3 rings (SSSR count). The van der Waals surface area contributed by atoms with Gasteiger partial charge in [0.25, 0.3) is 5.91 Å². The number of benzene rings is 2. The number of carbonyl (C=O) groups excluding carboxylic acids is 1. The minimum absolute atomic E-state index is 0.299. The third kappa shape index (κ3) is 3.40. The number of carbonyl (C=O) groups is 1. The quantitative estimate of drug-likeness (QED) is 0.597. The van der Waals surface area contributed by atoms with Gasteiger partial charge in [0.05, 0.1) is 5.71 Å². The highest BCUT2D eigenvalue weighted by Gasteiger charge is 2.07. The Labute approximate surface area is 134 Å². The average molecular weight is 304 g/mol. The molecule has 0 aliphatic heterocycles. The average Bonchev–Trinajstić information content (AvgIpc) is 2.59. The second kappa shape index (κ2) is 6.36. The highest BCUT2D eigenvalue weighted by atomic mass is 16.2. The summed E-state index contributed by atoms with van der Waals surface area (Å²) in [5, 5.41) is 6.47. The van der Waals surface area contributed by atoms with Crippen molar-refractivity contribution < 1.29 is 4.79 Å². The summed E-state index contributed by atoms with van der Waals surface area (Å²) in [4.78, 5) is 19.9. The molecule has 0 saturated carbocycles. The lowest BCUT2D eigenvalue weighted by Gasteiger charge is -2.05. The number of nitrogens with one attached hydrogen (secondary N) is 1. The zero-order valence-electron chi connectivity index (χ0n) is 12.9.